The number of benzene rings is 1. The van der Waals surface area contributed by atoms with Crippen molar-refractivity contribution in [2.75, 3.05) is 0 Å². The van der Waals surface area contributed by atoms with Crippen LogP contribution in [0, 0.1) is 0 Å². The summed E-state index contributed by atoms with van der Waals surface area (Å²) in [6.07, 6.45) is 0. The van der Waals surface area contributed by atoms with Gasteiger partial charge in [-0.2, -0.15) is 0 Å². The zero-order valence-electron chi connectivity index (χ0n) is 5.06. The summed E-state index contributed by atoms with van der Waals surface area (Å²) in [5, 5.41) is 0.843. The Morgan fingerprint density at radius 3 is 1.90 bits per heavy atom. The zero-order valence-corrected chi connectivity index (χ0v) is 9.38. The second-order valence-electron chi connectivity index (χ2n) is 1.83. The van der Waals surface area contributed by atoms with Crippen molar-refractivity contribution in [1.82, 2.24) is 0 Å². The van der Waals surface area contributed by atoms with Gasteiger partial charge in [0.25, 0.3) is 0 Å². The molecule has 0 saturated carbocycles. The minimum absolute atomic E-state index is 0.843. The summed E-state index contributed by atoms with van der Waals surface area (Å²) in [6, 6.07) is 9.33. The van der Waals surface area contributed by atoms with E-state index >= 15 is 0 Å². The van der Waals surface area contributed by atoms with Crippen LogP contribution in [0.5, 0.6) is 0 Å². The summed E-state index contributed by atoms with van der Waals surface area (Å²) < 4.78 is 9.04. The predicted octanol–water partition coefficient (Wildman–Crippen LogP) is 0.842. The third-order valence-corrected chi connectivity index (χ3v) is 4.66. The average molecular weight is 282 g/mol. The fourth-order valence-corrected chi connectivity index (χ4v) is 2.68. The Hall–Kier alpha value is 0.489. The van der Waals surface area contributed by atoms with E-state index in [0.717, 1.165) is 5.30 Å². The molecule has 0 atom stereocenters. The fourth-order valence-electron chi connectivity index (χ4n) is 0.611. The SMILES string of the molecule is O=P([Se])([Se])c1ccccc1. The van der Waals surface area contributed by atoms with E-state index in [9.17, 15) is 4.57 Å². The molecule has 0 heterocycles. The molecule has 0 bridgehead atoms. The molecule has 0 amide bonds. The van der Waals surface area contributed by atoms with E-state index in [4.69, 9.17) is 0 Å². The standard InChI is InChI=1S/C6H5OPSe2/c7-8(9,10)6-4-2-1-3-5-6/h1-5H. The monoisotopic (exact) mass is 284 g/mol. The first-order valence-electron chi connectivity index (χ1n) is 2.68. The van der Waals surface area contributed by atoms with Gasteiger partial charge in [-0.3, -0.25) is 0 Å². The molecule has 0 aliphatic heterocycles. The molecule has 0 aliphatic rings. The molecule has 0 aliphatic carbocycles. The van der Waals surface area contributed by atoms with Gasteiger partial charge in [-0.1, -0.05) is 0 Å². The van der Waals surface area contributed by atoms with Gasteiger partial charge in [0, 0.05) is 0 Å². The third kappa shape index (κ3) is 2.27. The van der Waals surface area contributed by atoms with Gasteiger partial charge >= 0.3 is 75.9 Å². The van der Waals surface area contributed by atoms with Crippen molar-refractivity contribution >= 4 is 41.0 Å². The molecule has 52 valence electrons. The summed E-state index contributed by atoms with van der Waals surface area (Å²) in [6.45, 7) is 0. The van der Waals surface area contributed by atoms with Crippen molar-refractivity contribution in [3.8, 4) is 0 Å². The van der Waals surface area contributed by atoms with Gasteiger partial charge in [0.05, 0.1) is 0 Å². The summed E-state index contributed by atoms with van der Waals surface area (Å²) in [4.78, 5) is 0. The molecule has 0 fully saturated rings. The molecular formula is C6H5OPSe2. The molecular weight excluding hydrogens is 277 g/mol. The van der Waals surface area contributed by atoms with Crippen molar-refractivity contribution < 1.29 is 4.57 Å². The predicted molar refractivity (Wildman–Crippen MR) is 45.2 cm³/mol. The Balaban J connectivity index is 3.09. The minimum atomic E-state index is -2.27. The van der Waals surface area contributed by atoms with Crippen molar-refractivity contribution in [2.45, 2.75) is 0 Å². The van der Waals surface area contributed by atoms with Crippen molar-refractivity contribution in [2.24, 2.45) is 0 Å². The van der Waals surface area contributed by atoms with Gasteiger partial charge in [0.1, 0.15) is 0 Å². The van der Waals surface area contributed by atoms with E-state index in [-0.39, 0.29) is 0 Å². The molecule has 1 aromatic rings. The molecule has 0 spiro atoms. The second kappa shape index (κ2) is 3.26. The first-order valence-corrected chi connectivity index (χ1v) is 8.82. The topological polar surface area (TPSA) is 17.1 Å². The van der Waals surface area contributed by atoms with Crippen LogP contribution in [0.4, 0.5) is 0 Å². The van der Waals surface area contributed by atoms with Crippen LogP contribution in [-0.2, 0) is 4.57 Å². The Labute approximate surface area is 75.8 Å². The quantitative estimate of drug-likeness (QED) is 0.551. The number of rotatable bonds is 1. The van der Waals surface area contributed by atoms with Crippen LogP contribution < -0.4 is 5.30 Å². The first-order chi connectivity index (χ1) is 4.61. The van der Waals surface area contributed by atoms with Gasteiger partial charge in [0.2, 0.25) is 0 Å². The summed E-state index contributed by atoms with van der Waals surface area (Å²) in [7, 11) is 0. The number of hydrogen-bond acceptors (Lipinski definition) is 1. The summed E-state index contributed by atoms with van der Waals surface area (Å²) >= 11 is 5.27. The molecule has 10 heavy (non-hydrogen) atoms. The van der Waals surface area contributed by atoms with Crippen molar-refractivity contribution in [3.05, 3.63) is 30.3 Å². The summed E-state index contributed by atoms with van der Waals surface area (Å²) in [5.41, 5.74) is 0. The Kier molecular flexibility index (Phi) is 2.80. The first kappa shape index (κ1) is 8.58. The maximum atomic E-state index is 11.3. The molecule has 1 aromatic carbocycles. The molecule has 0 N–H and O–H groups in total. The average Bonchev–Trinajstić information content (AvgIpc) is 1.88. The van der Waals surface area contributed by atoms with Crippen LogP contribution in [0.2, 0.25) is 0 Å². The molecule has 2 radical (unpaired) electrons. The van der Waals surface area contributed by atoms with Gasteiger partial charge in [0.15, 0.2) is 0 Å². The van der Waals surface area contributed by atoms with Gasteiger partial charge in [-0.05, 0) is 0 Å². The van der Waals surface area contributed by atoms with Crippen LogP contribution in [0.25, 0.3) is 0 Å². The van der Waals surface area contributed by atoms with Crippen LogP contribution in [0.1, 0.15) is 0 Å². The fraction of sp³-hybridized carbons (Fsp3) is 0. The second-order valence-corrected chi connectivity index (χ2v) is 13.3. The van der Waals surface area contributed by atoms with E-state index in [1.54, 1.807) is 0 Å². The van der Waals surface area contributed by atoms with Crippen LogP contribution >= 0.6 is 4.52 Å². The van der Waals surface area contributed by atoms with Gasteiger partial charge in [-0.25, -0.2) is 0 Å². The van der Waals surface area contributed by atoms with Crippen molar-refractivity contribution in [1.29, 1.82) is 0 Å². The van der Waals surface area contributed by atoms with Crippen LogP contribution in [-0.4, -0.2) is 31.1 Å². The maximum absolute atomic E-state index is 11.3. The molecule has 1 nitrogen and oxygen atoms in total. The molecule has 4 heteroatoms. The van der Waals surface area contributed by atoms with E-state index in [2.05, 4.69) is 31.1 Å². The Morgan fingerprint density at radius 2 is 1.60 bits per heavy atom. The third-order valence-electron chi connectivity index (χ3n) is 1.07. The van der Waals surface area contributed by atoms with E-state index < -0.39 is 4.52 Å². The van der Waals surface area contributed by atoms with Gasteiger partial charge in [-0.15, -0.1) is 0 Å². The molecule has 0 saturated heterocycles. The Morgan fingerprint density at radius 1 is 1.10 bits per heavy atom. The van der Waals surface area contributed by atoms with E-state index in [1.807, 2.05) is 30.3 Å². The van der Waals surface area contributed by atoms with Gasteiger partial charge < -0.3 is 0 Å². The normalized spacial score (nSPS) is 11.4. The van der Waals surface area contributed by atoms with Crippen molar-refractivity contribution in [3.63, 3.8) is 0 Å². The molecule has 0 aromatic heterocycles. The zero-order chi connectivity index (χ0) is 7.61. The molecule has 0 unspecified atom stereocenters. The van der Waals surface area contributed by atoms with E-state index in [0.29, 0.717) is 0 Å². The van der Waals surface area contributed by atoms with Crippen LogP contribution in [0.15, 0.2) is 30.3 Å². The van der Waals surface area contributed by atoms with Crippen LogP contribution in [0.3, 0.4) is 0 Å². The Bertz CT molecular complexity index is 254. The number of hydrogen-bond donors (Lipinski definition) is 0. The van der Waals surface area contributed by atoms with E-state index in [1.165, 1.54) is 0 Å². The summed E-state index contributed by atoms with van der Waals surface area (Å²) in [5.74, 6) is 0. The molecule has 1 rings (SSSR count).